The molecule has 0 spiro atoms. The first kappa shape index (κ1) is 24.7. The summed E-state index contributed by atoms with van der Waals surface area (Å²) in [4.78, 5) is 37.5. The lowest BCUT2D eigenvalue weighted by Crippen LogP contribution is -2.47. The number of carboxylic acids is 1. The topological polar surface area (TPSA) is 108 Å². The van der Waals surface area contributed by atoms with E-state index in [-0.39, 0.29) is 36.8 Å². The van der Waals surface area contributed by atoms with E-state index in [1.807, 2.05) is 29.2 Å². The van der Waals surface area contributed by atoms with Gasteiger partial charge in [-0.15, -0.1) is 0 Å². The number of hydrogen-bond donors (Lipinski definition) is 3. The van der Waals surface area contributed by atoms with Gasteiger partial charge in [0.25, 0.3) is 0 Å². The van der Waals surface area contributed by atoms with Crippen LogP contribution in [0.3, 0.4) is 0 Å². The summed E-state index contributed by atoms with van der Waals surface area (Å²) in [6.07, 6.45) is 1.11. The van der Waals surface area contributed by atoms with Gasteiger partial charge in [-0.1, -0.05) is 55.5 Å². The summed E-state index contributed by atoms with van der Waals surface area (Å²) in [6, 6.07) is 16.5. The second-order valence-corrected chi connectivity index (χ2v) is 9.53. The van der Waals surface area contributed by atoms with E-state index in [0.29, 0.717) is 26.2 Å². The average Bonchev–Trinajstić information content (AvgIpc) is 3.16. The first-order valence-corrected chi connectivity index (χ1v) is 12.2. The van der Waals surface area contributed by atoms with Gasteiger partial charge in [0, 0.05) is 38.0 Å². The van der Waals surface area contributed by atoms with Gasteiger partial charge in [0.1, 0.15) is 6.61 Å². The molecule has 0 saturated carbocycles. The molecule has 1 fully saturated rings. The number of carboxylic acid groups (broad SMARTS) is 1. The first-order valence-electron chi connectivity index (χ1n) is 12.2. The summed E-state index contributed by atoms with van der Waals surface area (Å²) in [6.45, 7) is 4.12. The molecule has 2 aliphatic rings. The predicted octanol–water partition coefficient (Wildman–Crippen LogP) is 3.22. The van der Waals surface area contributed by atoms with Gasteiger partial charge in [0.15, 0.2) is 0 Å². The number of carbonyl (C=O) groups is 3. The Balaban J connectivity index is 1.18. The second kappa shape index (κ2) is 11.4. The van der Waals surface area contributed by atoms with E-state index < -0.39 is 12.1 Å². The predicted molar refractivity (Wildman–Crippen MR) is 132 cm³/mol. The van der Waals surface area contributed by atoms with E-state index in [4.69, 9.17) is 9.84 Å². The molecule has 2 aromatic rings. The van der Waals surface area contributed by atoms with E-state index in [1.165, 1.54) is 22.3 Å². The van der Waals surface area contributed by atoms with Crippen molar-refractivity contribution in [3.63, 3.8) is 0 Å². The molecule has 8 nitrogen and oxygen atoms in total. The summed E-state index contributed by atoms with van der Waals surface area (Å²) in [5.41, 5.74) is 4.77. The highest BCUT2D eigenvalue weighted by molar-refractivity contribution is 5.79. The van der Waals surface area contributed by atoms with Crippen LogP contribution in [0, 0.1) is 5.92 Å². The van der Waals surface area contributed by atoms with E-state index in [2.05, 4.69) is 34.9 Å². The molecule has 2 amide bonds. The molecule has 1 saturated heterocycles. The van der Waals surface area contributed by atoms with Crippen LogP contribution in [0.15, 0.2) is 48.5 Å². The number of ether oxygens (including phenoxy) is 1. The first-order chi connectivity index (χ1) is 16.9. The van der Waals surface area contributed by atoms with Crippen molar-refractivity contribution in [3.05, 3.63) is 59.7 Å². The Morgan fingerprint density at radius 1 is 1.03 bits per heavy atom. The van der Waals surface area contributed by atoms with Crippen molar-refractivity contribution in [1.82, 2.24) is 15.5 Å². The number of piperidine rings is 1. The summed E-state index contributed by atoms with van der Waals surface area (Å²) in [5.74, 6) is -1.04. The van der Waals surface area contributed by atoms with Gasteiger partial charge in [-0.25, -0.2) is 4.79 Å². The third-order valence-corrected chi connectivity index (χ3v) is 6.79. The minimum atomic E-state index is -0.863. The van der Waals surface area contributed by atoms with Crippen LogP contribution in [0.1, 0.15) is 43.2 Å². The number of benzene rings is 2. The molecule has 3 N–H and O–H groups in total. The van der Waals surface area contributed by atoms with Gasteiger partial charge in [-0.05, 0) is 41.0 Å². The summed E-state index contributed by atoms with van der Waals surface area (Å²) < 4.78 is 5.65. The third kappa shape index (κ3) is 6.39. The quantitative estimate of drug-likeness (QED) is 0.510. The van der Waals surface area contributed by atoms with Crippen LogP contribution >= 0.6 is 0 Å². The highest BCUT2D eigenvalue weighted by Gasteiger charge is 2.29. The molecule has 0 bridgehead atoms. The number of nitrogens with one attached hydrogen (secondary N) is 2. The fourth-order valence-electron chi connectivity index (χ4n) is 4.96. The van der Waals surface area contributed by atoms with E-state index in [0.717, 1.165) is 12.8 Å². The standard InChI is InChI=1S/C27H33N3O5/c1-18(14-26(32)33)15-28-25(31)16-30-12-10-19(11-13-30)29-27(34)35-17-24-22-8-4-2-6-20(22)21-7-3-5-9-23(21)24/h2-9,18-19,24H,10-17H2,1H3,(H,28,31)(H,29,34)(H,32,33). The lowest BCUT2D eigenvalue weighted by atomic mass is 9.98. The number of hydrogen-bond acceptors (Lipinski definition) is 5. The summed E-state index contributed by atoms with van der Waals surface area (Å²) in [5, 5.41) is 14.6. The number of amides is 2. The lowest BCUT2D eigenvalue weighted by Gasteiger charge is -2.31. The molecule has 8 heteroatoms. The van der Waals surface area contributed by atoms with Gasteiger partial charge in [0.05, 0.1) is 6.54 Å². The number of rotatable bonds is 9. The number of alkyl carbamates (subject to hydrolysis) is 1. The molecule has 1 unspecified atom stereocenters. The van der Waals surface area contributed by atoms with Crippen molar-refractivity contribution >= 4 is 18.0 Å². The Bertz CT molecular complexity index is 1020. The molecule has 35 heavy (non-hydrogen) atoms. The number of aliphatic carboxylic acids is 1. The van der Waals surface area contributed by atoms with Crippen molar-refractivity contribution in [2.24, 2.45) is 5.92 Å². The fraction of sp³-hybridized carbons (Fsp3) is 0.444. The molecule has 1 atom stereocenters. The largest absolute Gasteiger partial charge is 0.481 e. The zero-order chi connectivity index (χ0) is 24.8. The molecule has 1 heterocycles. The fourth-order valence-corrected chi connectivity index (χ4v) is 4.96. The number of likely N-dealkylation sites (tertiary alicyclic amines) is 1. The van der Waals surface area contributed by atoms with Gasteiger partial charge in [-0.2, -0.15) is 0 Å². The second-order valence-electron chi connectivity index (χ2n) is 9.53. The van der Waals surface area contributed by atoms with Crippen molar-refractivity contribution in [2.75, 3.05) is 32.8 Å². The normalized spacial score (nSPS) is 16.7. The maximum absolute atomic E-state index is 12.5. The van der Waals surface area contributed by atoms with Crippen molar-refractivity contribution in [1.29, 1.82) is 0 Å². The Morgan fingerprint density at radius 2 is 1.63 bits per heavy atom. The van der Waals surface area contributed by atoms with Gasteiger partial charge in [-0.3, -0.25) is 14.5 Å². The van der Waals surface area contributed by atoms with Crippen LogP contribution in [0.5, 0.6) is 0 Å². The summed E-state index contributed by atoms with van der Waals surface area (Å²) in [7, 11) is 0. The monoisotopic (exact) mass is 479 g/mol. The maximum atomic E-state index is 12.5. The van der Waals surface area contributed by atoms with Crippen LogP contribution in [-0.4, -0.2) is 66.8 Å². The smallest absolute Gasteiger partial charge is 0.407 e. The Morgan fingerprint density at radius 3 is 2.23 bits per heavy atom. The molecule has 1 aliphatic carbocycles. The molecular weight excluding hydrogens is 446 g/mol. The van der Waals surface area contributed by atoms with Gasteiger partial charge < -0.3 is 20.5 Å². The number of nitrogens with zero attached hydrogens (tertiary/aromatic N) is 1. The molecule has 0 aromatic heterocycles. The van der Waals surface area contributed by atoms with Crippen LogP contribution < -0.4 is 10.6 Å². The highest BCUT2D eigenvalue weighted by atomic mass is 16.5. The maximum Gasteiger partial charge on any atom is 0.407 e. The van der Waals surface area contributed by atoms with Crippen molar-refractivity contribution in [2.45, 2.75) is 38.1 Å². The molecular formula is C27H33N3O5. The minimum absolute atomic E-state index is 0.0144. The molecule has 186 valence electrons. The number of fused-ring (bicyclic) bond motifs is 3. The van der Waals surface area contributed by atoms with Crippen molar-refractivity contribution in [3.8, 4) is 11.1 Å². The Labute approximate surface area is 205 Å². The minimum Gasteiger partial charge on any atom is -0.481 e. The van der Waals surface area contributed by atoms with Crippen LogP contribution in [0.4, 0.5) is 4.79 Å². The van der Waals surface area contributed by atoms with Gasteiger partial charge >= 0.3 is 12.1 Å². The Kier molecular flexibility index (Phi) is 8.02. The van der Waals surface area contributed by atoms with E-state index >= 15 is 0 Å². The highest BCUT2D eigenvalue weighted by Crippen LogP contribution is 2.44. The summed E-state index contributed by atoms with van der Waals surface area (Å²) >= 11 is 0. The zero-order valence-electron chi connectivity index (χ0n) is 20.0. The molecule has 0 radical (unpaired) electrons. The molecule has 1 aliphatic heterocycles. The van der Waals surface area contributed by atoms with Crippen LogP contribution in [0.25, 0.3) is 11.1 Å². The number of carbonyl (C=O) groups excluding carboxylic acids is 2. The van der Waals surface area contributed by atoms with Crippen LogP contribution in [0.2, 0.25) is 0 Å². The van der Waals surface area contributed by atoms with E-state index in [9.17, 15) is 14.4 Å². The SMILES string of the molecule is CC(CNC(=O)CN1CCC(NC(=O)OCC2c3ccccc3-c3ccccc32)CC1)CC(=O)O. The van der Waals surface area contributed by atoms with E-state index in [1.54, 1.807) is 6.92 Å². The molecule has 2 aromatic carbocycles. The third-order valence-electron chi connectivity index (χ3n) is 6.79. The zero-order valence-corrected chi connectivity index (χ0v) is 20.0. The Hall–Kier alpha value is -3.39. The van der Waals surface area contributed by atoms with Gasteiger partial charge in [0.2, 0.25) is 5.91 Å². The van der Waals surface area contributed by atoms with Crippen LogP contribution in [-0.2, 0) is 14.3 Å². The average molecular weight is 480 g/mol. The lowest BCUT2D eigenvalue weighted by molar-refractivity contribution is -0.138. The molecule has 4 rings (SSSR count). The van der Waals surface area contributed by atoms with Crippen molar-refractivity contribution < 1.29 is 24.2 Å².